The van der Waals surface area contributed by atoms with E-state index in [1.54, 1.807) is 0 Å². The van der Waals surface area contributed by atoms with Crippen LogP contribution in [0.2, 0.25) is 0 Å². The van der Waals surface area contributed by atoms with E-state index < -0.39 is 63.9 Å². The van der Waals surface area contributed by atoms with E-state index in [9.17, 15) is 45.5 Å². The summed E-state index contributed by atoms with van der Waals surface area (Å²) in [6.07, 6.45) is -10.1. The van der Waals surface area contributed by atoms with E-state index in [0.29, 0.717) is 28.2 Å². The van der Waals surface area contributed by atoms with Gasteiger partial charge in [0.15, 0.2) is 0 Å². The van der Waals surface area contributed by atoms with Crippen LogP contribution in [0.4, 0.5) is 32.0 Å². The zero-order valence-electron chi connectivity index (χ0n) is 20.9. The highest BCUT2D eigenvalue weighted by Gasteiger charge is 2.41. The molecule has 12 heteroatoms. The molecule has 4 aromatic rings. The summed E-state index contributed by atoms with van der Waals surface area (Å²) in [6, 6.07) is 14.6. The Bertz CT molecular complexity index is 1880. The van der Waals surface area contributed by atoms with Crippen LogP contribution in [0.3, 0.4) is 0 Å². The highest BCUT2D eigenvalue weighted by Crippen LogP contribution is 2.44. The molecule has 0 saturated carbocycles. The molecule has 210 valence electrons. The number of imide groups is 2. The molecule has 2 heterocycles. The number of nitrogens with one attached hydrogen (secondary N) is 1. The molecule has 0 fully saturated rings. The number of rotatable bonds is 3. The normalized spacial score (nSPS) is 14.8. The predicted molar refractivity (Wildman–Crippen MR) is 137 cm³/mol. The minimum absolute atomic E-state index is 0.0992. The molecule has 0 spiro atoms. The summed E-state index contributed by atoms with van der Waals surface area (Å²) in [4.78, 5) is 50.9. The fraction of sp³-hybridized carbons (Fsp3) is 0.0667. The SMILES string of the molecule is O=C1NC(=O)c2cc(-c3ccc4c(c3)C(=O)N(c3ccc(-c5ccccc5C(F)(F)F)c(C(F)(F)F)c3)C4=O)ccc21. The van der Waals surface area contributed by atoms with Crippen molar-refractivity contribution in [2.24, 2.45) is 0 Å². The Balaban J connectivity index is 1.41. The topological polar surface area (TPSA) is 83.6 Å². The van der Waals surface area contributed by atoms with Crippen molar-refractivity contribution in [1.29, 1.82) is 0 Å². The van der Waals surface area contributed by atoms with Crippen LogP contribution in [-0.2, 0) is 12.4 Å². The molecule has 0 saturated heterocycles. The molecule has 42 heavy (non-hydrogen) atoms. The molecule has 0 bridgehead atoms. The van der Waals surface area contributed by atoms with E-state index in [-0.39, 0.29) is 22.3 Å². The first-order valence-corrected chi connectivity index (χ1v) is 12.2. The highest BCUT2D eigenvalue weighted by atomic mass is 19.4. The van der Waals surface area contributed by atoms with Crippen LogP contribution in [0.5, 0.6) is 0 Å². The third kappa shape index (κ3) is 4.23. The van der Waals surface area contributed by atoms with Crippen LogP contribution in [0.25, 0.3) is 22.3 Å². The van der Waals surface area contributed by atoms with E-state index in [0.717, 1.165) is 24.3 Å². The fourth-order valence-electron chi connectivity index (χ4n) is 5.11. The first-order chi connectivity index (χ1) is 19.8. The minimum atomic E-state index is -5.13. The monoisotopic (exact) mass is 580 g/mol. The second-order valence-electron chi connectivity index (χ2n) is 9.52. The van der Waals surface area contributed by atoms with Gasteiger partial charge in [-0.2, -0.15) is 26.3 Å². The molecule has 0 aromatic heterocycles. The van der Waals surface area contributed by atoms with Crippen molar-refractivity contribution in [3.8, 4) is 22.3 Å². The van der Waals surface area contributed by atoms with Gasteiger partial charge in [0.25, 0.3) is 23.6 Å². The van der Waals surface area contributed by atoms with Crippen LogP contribution < -0.4 is 10.2 Å². The van der Waals surface area contributed by atoms with Crippen molar-refractivity contribution in [2.45, 2.75) is 12.4 Å². The summed E-state index contributed by atoms with van der Waals surface area (Å²) in [5.74, 6) is -3.02. The standard InChI is InChI=1S/C30H14F6N2O4/c31-29(32,33)23-4-2-1-3-17(23)18-10-7-16(13-24(18)30(34,35)36)38-27(41)20-9-6-15(12-22(20)28(38)42)14-5-8-19-21(11-14)26(40)37-25(19)39/h1-13H,(H,37,39,40). The smallest absolute Gasteiger partial charge is 0.288 e. The number of anilines is 1. The molecule has 0 atom stereocenters. The molecule has 0 radical (unpaired) electrons. The number of hydrogen-bond acceptors (Lipinski definition) is 4. The van der Waals surface area contributed by atoms with Crippen LogP contribution in [0, 0.1) is 0 Å². The van der Waals surface area contributed by atoms with Crippen LogP contribution in [-0.4, -0.2) is 23.6 Å². The zero-order valence-corrected chi connectivity index (χ0v) is 20.9. The Morgan fingerprint density at radius 2 is 1.02 bits per heavy atom. The Morgan fingerprint density at radius 1 is 0.500 bits per heavy atom. The van der Waals surface area contributed by atoms with Gasteiger partial charge in [0, 0.05) is 0 Å². The van der Waals surface area contributed by atoms with Crippen molar-refractivity contribution in [3.63, 3.8) is 0 Å². The second-order valence-corrected chi connectivity index (χ2v) is 9.52. The van der Waals surface area contributed by atoms with Gasteiger partial charge < -0.3 is 0 Å². The first kappa shape index (κ1) is 26.9. The van der Waals surface area contributed by atoms with Crippen molar-refractivity contribution >= 4 is 29.3 Å². The molecule has 4 aromatic carbocycles. The average Bonchev–Trinajstić information content (AvgIpc) is 3.37. The quantitative estimate of drug-likeness (QED) is 0.215. The lowest BCUT2D eigenvalue weighted by atomic mass is 9.94. The van der Waals surface area contributed by atoms with Gasteiger partial charge in [-0.25, -0.2) is 4.90 Å². The fourth-order valence-corrected chi connectivity index (χ4v) is 5.11. The predicted octanol–water partition coefficient (Wildman–Crippen LogP) is 6.74. The summed E-state index contributed by atoms with van der Waals surface area (Å²) in [6.45, 7) is 0. The lowest BCUT2D eigenvalue weighted by molar-refractivity contribution is -0.139. The van der Waals surface area contributed by atoms with Gasteiger partial charge in [-0.05, 0) is 64.7 Å². The number of fused-ring (bicyclic) bond motifs is 2. The van der Waals surface area contributed by atoms with Gasteiger partial charge in [0.1, 0.15) is 0 Å². The summed E-state index contributed by atoms with van der Waals surface area (Å²) >= 11 is 0. The molecular formula is C30H14F6N2O4. The lowest BCUT2D eigenvalue weighted by Crippen LogP contribution is -2.29. The van der Waals surface area contributed by atoms with Crippen molar-refractivity contribution in [2.75, 3.05) is 4.90 Å². The van der Waals surface area contributed by atoms with Crippen molar-refractivity contribution in [1.82, 2.24) is 5.32 Å². The summed E-state index contributed by atoms with van der Waals surface area (Å²) in [7, 11) is 0. The third-order valence-corrected chi connectivity index (χ3v) is 7.05. The van der Waals surface area contributed by atoms with E-state index in [1.807, 2.05) is 0 Å². The summed E-state index contributed by atoms with van der Waals surface area (Å²) < 4.78 is 83.2. The van der Waals surface area contributed by atoms with Crippen molar-refractivity contribution in [3.05, 3.63) is 112 Å². The van der Waals surface area contributed by atoms with E-state index >= 15 is 0 Å². The van der Waals surface area contributed by atoms with E-state index in [2.05, 4.69) is 5.32 Å². The lowest BCUT2D eigenvalue weighted by Gasteiger charge is -2.21. The molecule has 1 N–H and O–H groups in total. The Hall–Kier alpha value is -5.26. The van der Waals surface area contributed by atoms with Crippen LogP contribution in [0.15, 0.2) is 78.9 Å². The van der Waals surface area contributed by atoms with Gasteiger partial charge in [-0.15, -0.1) is 0 Å². The van der Waals surface area contributed by atoms with Crippen LogP contribution >= 0.6 is 0 Å². The average molecular weight is 580 g/mol. The molecule has 2 aliphatic rings. The van der Waals surface area contributed by atoms with Crippen LogP contribution in [0.1, 0.15) is 52.6 Å². The maximum atomic E-state index is 14.2. The minimum Gasteiger partial charge on any atom is -0.288 e. The number of alkyl halides is 6. The molecule has 6 nitrogen and oxygen atoms in total. The molecule has 6 rings (SSSR count). The number of halogens is 6. The second kappa shape index (κ2) is 9.13. The van der Waals surface area contributed by atoms with Gasteiger partial charge in [0.05, 0.1) is 39.1 Å². The van der Waals surface area contributed by atoms with Crippen molar-refractivity contribution < 1.29 is 45.5 Å². The molecule has 4 amide bonds. The zero-order chi connectivity index (χ0) is 30.1. The Kier molecular flexibility index (Phi) is 5.85. The van der Waals surface area contributed by atoms with Gasteiger partial charge in [0.2, 0.25) is 0 Å². The van der Waals surface area contributed by atoms with Gasteiger partial charge >= 0.3 is 12.4 Å². The Labute approximate surface area is 232 Å². The number of hydrogen-bond donors (Lipinski definition) is 1. The Morgan fingerprint density at radius 3 is 1.69 bits per heavy atom. The number of benzene rings is 4. The number of nitrogens with zero attached hydrogens (tertiary/aromatic N) is 1. The summed E-state index contributed by atoms with van der Waals surface area (Å²) in [5, 5.41) is 2.16. The maximum absolute atomic E-state index is 14.2. The van der Waals surface area contributed by atoms with E-state index in [1.165, 1.54) is 42.5 Å². The van der Waals surface area contributed by atoms with Gasteiger partial charge in [-0.3, -0.25) is 24.5 Å². The van der Waals surface area contributed by atoms with Gasteiger partial charge in [-0.1, -0.05) is 36.4 Å². The molecule has 0 unspecified atom stereocenters. The number of carbonyl (C=O) groups is 4. The largest absolute Gasteiger partial charge is 0.417 e. The first-order valence-electron chi connectivity index (χ1n) is 12.2. The number of amides is 4. The third-order valence-electron chi connectivity index (χ3n) is 7.05. The maximum Gasteiger partial charge on any atom is 0.417 e. The molecule has 0 aliphatic carbocycles. The molecular weight excluding hydrogens is 566 g/mol. The highest BCUT2D eigenvalue weighted by molar-refractivity contribution is 6.34. The van der Waals surface area contributed by atoms with E-state index in [4.69, 9.17) is 0 Å². The number of carbonyl (C=O) groups excluding carboxylic acids is 4. The molecule has 2 aliphatic heterocycles. The summed E-state index contributed by atoms with van der Waals surface area (Å²) in [5.41, 5.74) is -3.79.